The molecule has 12 heteroatoms. The third kappa shape index (κ3) is 16.5. The molecule has 4 N–H and O–H groups in total. The van der Waals surface area contributed by atoms with E-state index in [0.717, 1.165) is 9.80 Å². The average Bonchev–Trinajstić information content (AvgIpc) is 2.22. The number of carboxylic acid groups (broad SMARTS) is 4. The SMILES string of the molecule is O=C(O)CN(CCN(CC(=O)O)CC(=O)O)CC(=O)O.[Ce].[Na+]. The maximum atomic E-state index is 10.6. The molecule has 0 saturated heterocycles. The van der Waals surface area contributed by atoms with Gasteiger partial charge in [0.05, 0.1) is 26.2 Å². The predicted molar refractivity (Wildman–Crippen MR) is 63.4 cm³/mol. The summed E-state index contributed by atoms with van der Waals surface area (Å²) in [5.74, 6) is -4.91. The molecule has 0 amide bonds. The summed E-state index contributed by atoms with van der Waals surface area (Å²) in [5, 5.41) is 34.5. The molecule has 0 atom stereocenters. The Morgan fingerprint density at radius 1 is 0.591 bits per heavy atom. The Kier molecular flexibility index (Phi) is 18.1. The van der Waals surface area contributed by atoms with Gasteiger partial charge < -0.3 is 20.4 Å². The number of aliphatic carboxylic acids is 4. The second-order valence-electron chi connectivity index (χ2n) is 4.00. The van der Waals surface area contributed by atoms with Gasteiger partial charge in [0.2, 0.25) is 0 Å². The number of carboxylic acids is 4. The Morgan fingerprint density at radius 3 is 0.909 bits per heavy atom. The number of hydrogen-bond donors (Lipinski definition) is 4. The topological polar surface area (TPSA) is 156 Å². The Morgan fingerprint density at radius 2 is 0.773 bits per heavy atom. The van der Waals surface area contributed by atoms with Gasteiger partial charge in [0.15, 0.2) is 0 Å². The van der Waals surface area contributed by atoms with Crippen molar-refractivity contribution in [3.8, 4) is 0 Å². The van der Waals surface area contributed by atoms with Crippen molar-refractivity contribution in [2.75, 3.05) is 39.3 Å². The molecule has 0 aliphatic rings. The zero-order chi connectivity index (χ0) is 15.7. The molecule has 0 aromatic carbocycles. The zero-order valence-electron chi connectivity index (χ0n) is 12.1. The molecule has 0 aliphatic carbocycles. The molecule has 0 aromatic rings. The van der Waals surface area contributed by atoms with E-state index < -0.39 is 50.1 Å². The van der Waals surface area contributed by atoms with E-state index >= 15 is 0 Å². The first kappa shape index (κ1) is 27.0. The third-order valence-electron chi connectivity index (χ3n) is 2.17. The van der Waals surface area contributed by atoms with Crippen molar-refractivity contribution in [1.82, 2.24) is 9.80 Å². The molecule has 22 heavy (non-hydrogen) atoms. The minimum absolute atomic E-state index is 0. The molecule has 10 nitrogen and oxygen atoms in total. The van der Waals surface area contributed by atoms with E-state index in [4.69, 9.17) is 20.4 Å². The van der Waals surface area contributed by atoms with Crippen LogP contribution in [0.1, 0.15) is 0 Å². The molecule has 0 rings (SSSR count). The van der Waals surface area contributed by atoms with E-state index in [1.165, 1.54) is 0 Å². The van der Waals surface area contributed by atoms with Gasteiger partial charge in [-0.15, -0.1) is 0 Å². The number of nitrogens with zero attached hydrogens (tertiary/aromatic N) is 2. The van der Waals surface area contributed by atoms with Gasteiger partial charge in [-0.2, -0.15) is 0 Å². The standard InChI is InChI=1S/C10H16N2O8.Ce.Na/c13-7(14)3-11(4-8(15)16)1-2-12(5-9(17)18)6-10(19)20;;/h1-6H2,(H,13,14)(H,15,16)(H,17,18)(H,19,20);;/q;;+1. The van der Waals surface area contributed by atoms with E-state index in [1.807, 2.05) is 0 Å². The van der Waals surface area contributed by atoms with Crippen LogP contribution >= 0.6 is 0 Å². The van der Waals surface area contributed by atoms with Crippen LogP contribution in [0, 0.1) is 41.7 Å². The minimum Gasteiger partial charge on any atom is -0.480 e. The van der Waals surface area contributed by atoms with Crippen LogP contribution < -0.4 is 29.6 Å². The third-order valence-corrected chi connectivity index (χ3v) is 2.17. The maximum Gasteiger partial charge on any atom is 1.00 e. The van der Waals surface area contributed by atoms with E-state index in [-0.39, 0.29) is 84.4 Å². The summed E-state index contributed by atoms with van der Waals surface area (Å²) >= 11 is 0. The van der Waals surface area contributed by atoms with E-state index in [2.05, 4.69) is 0 Å². The van der Waals surface area contributed by atoms with Crippen LogP contribution in [0.3, 0.4) is 0 Å². The Bertz CT molecular complexity index is 327. The Balaban J connectivity index is -0.00000180. The van der Waals surface area contributed by atoms with Crippen molar-refractivity contribution in [3.05, 3.63) is 0 Å². The number of rotatable bonds is 11. The summed E-state index contributed by atoms with van der Waals surface area (Å²) in [6.07, 6.45) is 0. The first-order chi connectivity index (χ1) is 9.20. The summed E-state index contributed by atoms with van der Waals surface area (Å²) in [7, 11) is 0. The molecular formula is C10H16CeN2NaO8+. The van der Waals surface area contributed by atoms with Crippen molar-refractivity contribution in [2.45, 2.75) is 0 Å². The van der Waals surface area contributed by atoms with Crippen molar-refractivity contribution in [2.24, 2.45) is 0 Å². The predicted octanol–water partition coefficient (Wildman–Crippen LogP) is -5.07. The maximum absolute atomic E-state index is 10.6. The van der Waals surface area contributed by atoms with Crippen LogP contribution in [0.5, 0.6) is 0 Å². The molecule has 0 aliphatic heterocycles. The molecule has 0 aromatic heterocycles. The second-order valence-corrected chi connectivity index (χ2v) is 4.00. The summed E-state index contributed by atoms with van der Waals surface area (Å²) in [5.41, 5.74) is 0. The Hall–Kier alpha value is 0.177. The fourth-order valence-electron chi connectivity index (χ4n) is 1.48. The van der Waals surface area contributed by atoms with Crippen LogP contribution in [0.25, 0.3) is 0 Å². The van der Waals surface area contributed by atoms with Crippen LogP contribution in [0.15, 0.2) is 0 Å². The monoisotopic (exact) mass is 455 g/mol. The number of carbonyl (C=O) groups is 4. The van der Waals surface area contributed by atoms with Gasteiger partial charge in [-0.3, -0.25) is 29.0 Å². The second kappa shape index (κ2) is 14.7. The Labute approximate surface area is 182 Å². The molecule has 0 bridgehead atoms. The van der Waals surface area contributed by atoms with Gasteiger partial charge >= 0.3 is 53.4 Å². The first-order valence-corrected chi connectivity index (χ1v) is 5.52. The van der Waals surface area contributed by atoms with Crippen LogP contribution in [-0.4, -0.2) is 93.4 Å². The van der Waals surface area contributed by atoms with Gasteiger partial charge in [-0.25, -0.2) is 0 Å². The zero-order valence-corrected chi connectivity index (χ0v) is 17.2. The summed E-state index contributed by atoms with van der Waals surface area (Å²) in [4.78, 5) is 44.4. The van der Waals surface area contributed by atoms with Crippen molar-refractivity contribution >= 4 is 23.9 Å². The summed E-state index contributed by atoms with van der Waals surface area (Å²) < 4.78 is 0. The van der Waals surface area contributed by atoms with Gasteiger partial charge in [-0.05, 0) is 0 Å². The van der Waals surface area contributed by atoms with E-state index in [0.29, 0.717) is 0 Å². The van der Waals surface area contributed by atoms with Crippen molar-refractivity contribution in [3.63, 3.8) is 0 Å². The molecule has 0 fully saturated rings. The van der Waals surface area contributed by atoms with Gasteiger partial charge in [0, 0.05) is 54.8 Å². The quantitative estimate of drug-likeness (QED) is 0.222. The van der Waals surface area contributed by atoms with Crippen molar-refractivity contribution < 1.29 is 111 Å². The first-order valence-electron chi connectivity index (χ1n) is 5.52. The van der Waals surface area contributed by atoms with Crippen molar-refractivity contribution in [1.29, 1.82) is 0 Å². The molecule has 118 valence electrons. The normalized spacial score (nSPS) is 9.73. The molecular weight excluding hydrogens is 439 g/mol. The van der Waals surface area contributed by atoms with Crippen LogP contribution in [0.2, 0.25) is 0 Å². The van der Waals surface area contributed by atoms with Crippen LogP contribution in [-0.2, 0) is 19.2 Å². The fraction of sp³-hybridized carbons (Fsp3) is 0.600. The smallest absolute Gasteiger partial charge is 0.480 e. The van der Waals surface area contributed by atoms with E-state index in [1.54, 1.807) is 0 Å². The average molecular weight is 455 g/mol. The minimum atomic E-state index is -1.23. The largest absolute Gasteiger partial charge is 1.00 e. The summed E-state index contributed by atoms with van der Waals surface area (Å²) in [6, 6.07) is 0. The van der Waals surface area contributed by atoms with Gasteiger partial charge in [0.1, 0.15) is 0 Å². The fourth-order valence-corrected chi connectivity index (χ4v) is 1.48. The molecule has 0 spiro atoms. The van der Waals surface area contributed by atoms with E-state index in [9.17, 15) is 19.2 Å². The number of hydrogen-bond acceptors (Lipinski definition) is 6. The molecule has 0 unspecified atom stereocenters. The van der Waals surface area contributed by atoms with Gasteiger partial charge in [-0.1, -0.05) is 0 Å². The molecule has 0 heterocycles. The molecule has 0 radical (unpaired) electrons. The molecule has 0 saturated carbocycles. The van der Waals surface area contributed by atoms with Gasteiger partial charge in [0.25, 0.3) is 0 Å². The summed E-state index contributed by atoms with van der Waals surface area (Å²) in [6.45, 7) is -2.25. The van der Waals surface area contributed by atoms with Crippen LogP contribution in [0.4, 0.5) is 0 Å².